The molecule has 23 rings (SSSR count). The van der Waals surface area contributed by atoms with E-state index in [1.54, 1.807) is 0 Å². The van der Waals surface area contributed by atoms with Crippen LogP contribution in [-0.2, 0) is 0 Å². The lowest BCUT2D eigenvalue weighted by Gasteiger charge is -2.25. The van der Waals surface area contributed by atoms with Gasteiger partial charge in [0.25, 0.3) is 0 Å². The monoisotopic (exact) mass is 2090 g/mol. The second-order valence-corrected chi connectivity index (χ2v) is 38.7. The van der Waals surface area contributed by atoms with E-state index in [1.807, 2.05) is 218 Å². The first kappa shape index (κ1) is 99.3. The largest absolute Gasteiger partial charge is 0.298 e. The molecular formula is C144H95Br3O2. The van der Waals surface area contributed by atoms with Crippen LogP contribution in [0.5, 0.6) is 0 Å². The van der Waals surface area contributed by atoms with E-state index in [-0.39, 0.29) is 0 Å². The summed E-state index contributed by atoms with van der Waals surface area (Å²) in [6, 6.07) is 189. The summed E-state index contributed by atoms with van der Waals surface area (Å²) in [5.41, 5.74) is 34.3. The average Bonchev–Trinajstić information content (AvgIpc) is 0.727. The molecule has 0 aliphatic carbocycles. The zero-order valence-electron chi connectivity index (χ0n) is 81.3. The second kappa shape index (κ2) is 49.3. The molecule has 0 aromatic heterocycles. The molecule has 0 bridgehead atoms. The summed E-state index contributed by atoms with van der Waals surface area (Å²) in [5.74, 6) is 23.1. The molecule has 0 saturated heterocycles. The van der Waals surface area contributed by atoms with E-state index in [4.69, 9.17) is 6.42 Å². The van der Waals surface area contributed by atoms with Crippen LogP contribution in [0.15, 0.2) is 560 Å². The molecule has 0 fully saturated rings. The molecular weight excluding hydrogens is 2000 g/mol. The van der Waals surface area contributed by atoms with Gasteiger partial charge in [0.1, 0.15) is 0 Å². The summed E-state index contributed by atoms with van der Waals surface area (Å²) in [7, 11) is 0. The van der Waals surface area contributed by atoms with Crippen molar-refractivity contribution in [2.75, 3.05) is 0 Å². The van der Waals surface area contributed by atoms with Crippen LogP contribution in [0.2, 0.25) is 0 Å². The molecule has 704 valence electrons. The van der Waals surface area contributed by atoms with Gasteiger partial charge in [-0.05, 0) is 253 Å². The van der Waals surface area contributed by atoms with Crippen molar-refractivity contribution in [2.24, 2.45) is 0 Å². The maximum absolute atomic E-state index is 13.4. The van der Waals surface area contributed by atoms with Gasteiger partial charge in [0.05, 0.1) is 3.39 Å². The zero-order valence-corrected chi connectivity index (χ0v) is 86.1. The van der Waals surface area contributed by atoms with Crippen molar-refractivity contribution in [1.82, 2.24) is 0 Å². The van der Waals surface area contributed by atoms with Gasteiger partial charge in [-0.3, -0.25) is 9.59 Å². The topological polar surface area (TPSA) is 34.1 Å². The number of halogens is 3. The third-order valence-electron chi connectivity index (χ3n) is 25.8. The molecule has 0 unspecified atom stereocenters. The van der Waals surface area contributed by atoms with Crippen LogP contribution >= 0.6 is 47.8 Å². The maximum atomic E-state index is 13.4. The van der Waals surface area contributed by atoms with Gasteiger partial charge in [-0.25, -0.2) is 0 Å². The van der Waals surface area contributed by atoms with Gasteiger partial charge in [-0.1, -0.05) is 533 Å². The van der Waals surface area contributed by atoms with E-state index < -0.39 is 0 Å². The first-order valence-electron chi connectivity index (χ1n) is 49.2. The molecule has 0 amide bonds. The molecule has 0 radical (unpaired) electrons. The van der Waals surface area contributed by atoms with Crippen LogP contribution in [-0.4, -0.2) is 12.6 Å². The molecule has 2 nitrogen and oxygen atoms in total. The molecule has 5 heteroatoms. The first-order chi connectivity index (χ1) is 73.6. The lowest BCUT2D eigenvalue weighted by atomic mass is 9.77. The molecule has 149 heavy (non-hydrogen) atoms. The van der Waals surface area contributed by atoms with E-state index in [2.05, 4.69) is 429 Å². The minimum atomic E-state index is 0.585. The zero-order chi connectivity index (χ0) is 102. The van der Waals surface area contributed by atoms with Crippen LogP contribution in [0, 0.1) is 47.9 Å². The Morgan fingerprint density at radius 1 is 0.181 bits per heavy atom. The standard InChI is InChI=1S/C44H28Br2.C43H28O.C31H21BrO.C14H10.C12H8/c45-40(46)30-39-38(28-26-31-25-27-32-15-13-14-24-37(32)29-31)41(33-16-5-1-6-17-33)43(35-20-9-3-10-21-35)44(36-22-11-4-12-23-36)42(39)34-18-7-2-8-19-34;44-30-39-38(28-26-31-25-27-32-15-13-14-24-37(32)29-31)40(33-16-5-1-6-17-33)42(35-20-9-3-10-21-35)43(36-22-11-4-12-23-36)41(39)34-18-7-2-8-19-34;32-31-26(21-33)27(22-13-5-1-6-14-22)28(23-15-7-2-8-16-23)29(24-17-9-3-10-18-24)30(31)25-19-11-4-12-20-25;1-3-7-13(8-4-1)11-12-14-9-5-2-6-10-14;1-2-10-7-8-11-5-3-4-6-12(11)9-10/h1-25,27,29-30H;1-25,27,29-30H;1-21H;1-10H;1,3-9H. The number of hydrogen-bond donors (Lipinski definition) is 0. The van der Waals surface area contributed by atoms with Crippen molar-refractivity contribution in [1.29, 1.82) is 0 Å². The SMILES string of the molecule is BrC(Br)=Cc1c(C#Cc2ccc3ccccc3c2)c(-c2ccccc2)c(-c2ccccc2)c(-c2ccccc2)c1-c1ccccc1.C#Cc1ccc2ccccc2c1.C(#Cc1ccccc1)c1ccccc1.O=Cc1c(Br)c(-c2ccccc2)c(-c2ccccc2)c(-c2ccccc2)c1-c1ccccc1.O=Cc1c(C#Cc2ccc3ccccc3c2)c(-c2ccccc2)c(-c2ccccc2)c(-c2ccccc2)c1-c1ccccc1. The highest BCUT2D eigenvalue weighted by Crippen LogP contribution is 2.55. The molecule has 0 heterocycles. The predicted octanol–water partition coefficient (Wildman–Crippen LogP) is 38.6. The highest BCUT2D eigenvalue weighted by Gasteiger charge is 2.31. The lowest BCUT2D eigenvalue weighted by molar-refractivity contribution is 0.111. The number of fused-ring (bicyclic) bond motifs is 3. The van der Waals surface area contributed by atoms with Gasteiger partial charge >= 0.3 is 0 Å². The Kier molecular flexibility index (Phi) is 32.8. The molecule has 23 aromatic carbocycles. The summed E-state index contributed by atoms with van der Waals surface area (Å²) < 4.78 is 1.65. The Bertz CT molecular complexity index is 8880. The Labute approximate surface area is 897 Å². The Morgan fingerprint density at radius 3 is 0.644 bits per heavy atom. The summed E-state index contributed by atoms with van der Waals surface area (Å²) in [4.78, 5) is 26.0. The summed E-state index contributed by atoms with van der Waals surface area (Å²) in [5, 5.41) is 7.11. The third-order valence-corrected chi connectivity index (χ3v) is 27.1. The van der Waals surface area contributed by atoms with Gasteiger partial charge in [0, 0.05) is 87.9 Å². The highest BCUT2D eigenvalue weighted by atomic mass is 79.9. The number of rotatable bonds is 15. The predicted molar refractivity (Wildman–Crippen MR) is 639 cm³/mol. The minimum absolute atomic E-state index is 0.585. The first-order valence-corrected chi connectivity index (χ1v) is 51.6. The van der Waals surface area contributed by atoms with Gasteiger partial charge in [0.2, 0.25) is 0 Å². The van der Waals surface area contributed by atoms with Gasteiger partial charge in [-0.15, -0.1) is 6.42 Å². The average molecular weight is 2100 g/mol. The second-order valence-electron chi connectivity index (χ2n) is 35.2. The van der Waals surface area contributed by atoms with Crippen molar-refractivity contribution in [3.8, 4) is 181 Å². The Hall–Kier alpha value is -18.4. The number of aldehydes is 2. The fourth-order valence-corrected chi connectivity index (χ4v) is 20.2. The molecule has 0 aliphatic rings. The molecule has 0 atom stereocenters. The Morgan fingerprint density at radius 2 is 0.376 bits per heavy atom. The van der Waals surface area contributed by atoms with E-state index in [0.29, 0.717) is 11.1 Å². The van der Waals surface area contributed by atoms with Crippen molar-refractivity contribution < 1.29 is 9.59 Å². The number of carbonyl (C=O) groups is 2. The van der Waals surface area contributed by atoms with E-state index in [0.717, 1.165) is 198 Å². The Balaban J connectivity index is 0.000000126. The smallest absolute Gasteiger partial charge is 0.151 e. The molecule has 0 spiro atoms. The molecule has 0 aliphatic heterocycles. The van der Waals surface area contributed by atoms with Gasteiger partial charge < -0.3 is 0 Å². The lowest BCUT2D eigenvalue weighted by Crippen LogP contribution is -2.04. The van der Waals surface area contributed by atoms with E-state index >= 15 is 0 Å². The van der Waals surface area contributed by atoms with Gasteiger partial charge in [-0.2, -0.15) is 0 Å². The highest BCUT2D eigenvalue weighted by molar-refractivity contribution is 9.28. The molecule has 23 aromatic rings. The van der Waals surface area contributed by atoms with E-state index in [1.165, 1.54) is 32.5 Å². The summed E-state index contributed by atoms with van der Waals surface area (Å²) in [6.07, 6.45) is 9.40. The number of terminal acetylenes is 1. The summed E-state index contributed by atoms with van der Waals surface area (Å²) in [6.45, 7) is 0. The minimum Gasteiger partial charge on any atom is -0.298 e. The fourth-order valence-electron chi connectivity index (χ4n) is 19.0. The van der Waals surface area contributed by atoms with Gasteiger partial charge in [0.15, 0.2) is 12.6 Å². The van der Waals surface area contributed by atoms with Crippen molar-refractivity contribution in [3.63, 3.8) is 0 Å². The third kappa shape index (κ3) is 23.7. The van der Waals surface area contributed by atoms with Crippen LogP contribution in [0.4, 0.5) is 0 Å². The summed E-state index contributed by atoms with van der Waals surface area (Å²) >= 11 is 11.3. The normalized spacial score (nSPS) is 10.4. The number of carbonyl (C=O) groups excluding carboxylic acids is 2. The number of hydrogen-bond acceptors (Lipinski definition) is 2. The van der Waals surface area contributed by atoms with Crippen LogP contribution < -0.4 is 0 Å². The maximum Gasteiger partial charge on any atom is 0.151 e. The van der Waals surface area contributed by atoms with Crippen LogP contribution in [0.3, 0.4) is 0 Å². The van der Waals surface area contributed by atoms with Crippen molar-refractivity contribution in [3.05, 3.63) is 616 Å². The molecule has 0 saturated carbocycles. The van der Waals surface area contributed by atoms with Crippen LogP contribution in [0.25, 0.3) is 172 Å². The fraction of sp³-hybridized carbons (Fsp3) is 0. The molecule has 0 N–H and O–H groups in total. The van der Waals surface area contributed by atoms with Crippen molar-refractivity contribution in [2.45, 2.75) is 0 Å². The van der Waals surface area contributed by atoms with Crippen molar-refractivity contribution >= 4 is 98.8 Å². The van der Waals surface area contributed by atoms with Crippen LogP contribution in [0.1, 0.15) is 65.2 Å². The number of benzene rings is 23. The van der Waals surface area contributed by atoms with E-state index in [9.17, 15) is 9.59 Å². The quantitative estimate of drug-likeness (QED) is 0.0757.